The second kappa shape index (κ2) is 6.60. The number of H-pyrrole nitrogens is 1. The minimum atomic E-state index is -1.05. The van der Waals surface area contributed by atoms with Crippen molar-refractivity contribution in [1.82, 2.24) is 15.5 Å². The van der Waals surface area contributed by atoms with E-state index in [2.05, 4.69) is 15.5 Å². The van der Waals surface area contributed by atoms with Gasteiger partial charge in [-0.25, -0.2) is 4.79 Å². The molecule has 110 valence electrons. The first kappa shape index (κ1) is 15.3. The van der Waals surface area contributed by atoms with Gasteiger partial charge in [0.2, 0.25) is 0 Å². The summed E-state index contributed by atoms with van der Waals surface area (Å²) in [5.74, 6) is -1.15. The van der Waals surface area contributed by atoms with Crippen molar-refractivity contribution in [3.05, 3.63) is 51.8 Å². The summed E-state index contributed by atoms with van der Waals surface area (Å²) in [6, 6.07) is 5.04. The number of nitrogens with zero attached hydrogens (tertiary/aromatic N) is 1. The number of hydrogen-bond donors (Lipinski definition) is 2. The lowest BCUT2D eigenvalue weighted by Gasteiger charge is -2.17. The number of hydrogen-bond acceptors (Lipinski definition) is 4. The van der Waals surface area contributed by atoms with Gasteiger partial charge < -0.3 is 10.1 Å². The first-order chi connectivity index (χ1) is 10.0. The summed E-state index contributed by atoms with van der Waals surface area (Å²) in [6.45, 7) is 0. The molecule has 0 aliphatic heterocycles. The summed E-state index contributed by atoms with van der Waals surface area (Å²) in [5.41, 5.74) is 0.606. The molecular weight excluding hydrogens is 317 g/mol. The number of carbonyl (C=O) groups is 2. The second-order valence-corrected chi connectivity index (χ2v) is 4.91. The highest BCUT2D eigenvalue weighted by Crippen LogP contribution is 2.27. The number of methoxy groups -OCH3 is 1. The fourth-order valence-corrected chi connectivity index (χ4v) is 2.23. The molecular formula is C13H11Cl2N3O3. The van der Waals surface area contributed by atoms with Crippen LogP contribution in [0.2, 0.25) is 10.0 Å². The Hall–Kier alpha value is -2.05. The van der Waals surface area contributed by atoms with Crippen molar-refractivity contribution in [2.45, 2.75) is 6.04 Å². The van der Waals surface area contributed by atoms with Gasteiger partial charge >= 0.3 is 5.97 Å². The predicted octanol–water partition coefficient (Wildman–Crippen LogP) is 2.36. The highest BCUT2D eigenvalue weighted by atomic mass is 35.5. The molecule has 1 atom stereocenters. The van der Waals surface area contributed by atoms with Gasteiger partial charge in [-0.2, -0.15) is 5.10 Å². The largest absolute Gasteiger partial charge is 0.467 e. The van der Waals surface area contributed by atoms with Gasteiger partial charge in [-0.1, -0.05) is 29.3 Å². The van der Waals surface area contributed by atoms with Crippen molar-refractivity contribution < 1.29 is 14.3 Å². The lowest BCUT2D eigenvalue weighted by atomic mass is 10.1. The Kier molecular flexibility index (Phi) is 4.82. The van der Waals surface area contributed by atoms with E-state index >= 15 is 0 Å². The monoisotopic (exact) mass is 327 g/mol. The van der Waals surface area contributed by atoms with Crippen LogP contribution in [0.3, 0.4) is 0 Å². The summed E-state index contributed by atoms with van der Waals surface area (Å²) >= 11 is 11.9. The van der Waals surface area contributed by atoms with Crippen LogP contribution in [-0.2, 0) is 9.53 Å². The third kappa shape index (κ3) is 3.53. The second-order valence-electron chi connectivity index (χ2n) is 4.07. The standard InChI is InChI=1S/C13H11Cl2N3O3/c1-21-13(20)11(8-3-2-7(14)6-9(8)15)17-12(19)10-4-5-16-18-10/h2-6,11H,1H3,(H,16,18)(H,17,19)/t11-/m0/s1. The molecule has 2 rings (SSSR count). The van der Waals surface area contributed by atoms with Crippen molar-refractivity contribution in [1.29, 1.82) is 0 Å². The van der Waals surface area contributed by atoms with E-state index in [1.165, 1.54) is 25.4 Å². The highest BCUT2D eigenvalue weighted by Gasteiger charge is 2.26. The van der Waals surface area contributed by atoms with E-state index in [0.29, 0.717) is 10.6 Å². The number of aromatic nitrogens is 2. The first-order valence-corrected chi connectivity index (χ1v) is 6.61. The number of ether oxygens (including phenoxy) is 1. The number of amides is 1. The third-order valence-electron chi connectivity index (χ3n) is 2.73. The number of rotatable bonds is 4. The summed E-state index contributed by atoms with van der Waals surface area (Å²) in [6.07, 6.45) is 1.43. The van der Waals surface area contributed by atoms with Crippen LogP contribution >= 0.6 is 23.2 Å². The van der Waals surface area contributed by atoms with Gasteiger partial charge in [-0.05, 0) is 18.2 Å². The van der Waals surface area contributed by atoms with Gasteiger partial charge in [-0.3, -0.25) is 9.89 Å². The van der Waals surface area contributed by atoms with Crippen molar-refractivity contribution in [2.24, 2.45) is 0 Å². The van der Waals surface area contributed by atoms with Gasteiger partial charge in [0.25, 0.3) is 5.91 Å². The molecule has 1 heterocycles. The van der Waals surface area contributed by atoms with E-state index < -0.39 is 17.9 Å². The van der Waals surface area contributed by atoms with Crippen LogP contribution in [0.4, 0.5) is 0 Å². The topological polar surface area (TPSA) is 84.1 Å². The van der Waals surface area contributed by atoms with Gasteiger partial charge in [-0.15, -0.1) is 0 Å². The molecule has 0 saturated carbocycles. The molecule has 1 aromatic heterocycles. The third-order valence-corrected chi connectivity index (χ3v) is 3.29. The fraction of sp³-hybridized carbons (Fsp3) is 0.154. The van der Waals surface area contributed by atoms with E-state index in [9.17, 15) is 9.59 Å². The molecule has 2 aromatic rings. The zero-order chi connectivity index (χ0) is 15.4. The van der Waals surface area contributed by atoms with E-state index in [1.807, 2.05) is 0 Å². The normalized spacial score (nSPS) is 11.8. The average Bonchev–Trinajstić information content (AvgIpc) is 2.98. The maximum absolute atomic E-state index is 12.0. The summed E-state index contributed by atoms with van der Waals surface area (Å²) in [7, 11) is 1.22. The van der Waals surface area contributed by atoms with E-state index in [1.54, 1.807) is 12.1 Å². The maximum atomic E-state index is 12.0. The number of aromatic amines is 1. The number of benzene rings is 1. The Bertz CT molecular complexity index is 659. The molecule has 8 heteroatoms. The Morgan fingerprint density at radius 3 is 2.67 bits per heavy atom. The van der Waals surface area contributed by atoms with Crippen LogP contribution in [0.1, 0.15) is 22.1 Å². The van der Waals surface area contributed by atoms with Crippen LogP contribution in [0.15, 0.2) is 30.5 Å². The number of nitrogens with one attached hydrogen (secondary N) is 2. The summed E-state index contributed by atoms with van der Waals surface area (Å²) in [5, 5.41) is 9.39. The van der Waals surface area contributed by atoms with Crippen LogP contribution in [0.5, 0.6) is 0 Å². The zero-order valence-electron chi connectivity index (χ0n) is 10.9. The van der Waals surface area contributed by atoms with Crippen LogP contribution in [-0.4, -0.2) is 29.2 Å². The quantitative estimate of drug-likeness (QED) is 0.844. The molecule has 2 N–H and O–H groups in total. The minimum Gasteiger partial charge on any atom is -0.467 e. The Morgan fingerprint density at radius 1 is 1.33 bits per heavy atom. The maximum Gasteiger partial charge on any atom is 0.333 e. The van der Waals surface area contributed by atoms with Gasteiger partial charge in [0.15, 0.2) is 6.04 Å². The van der Waals surface area contributed by atoms with Crippen molar-refractivity contribution in [2.75, 3.05) is 7.11 Å². The highest BCUT2D eigenvalue weighted by molar-refractivity contribution is 6.35. The molecule has 0 aliphatic rings. The van der Waals surface area contributed by atoms with E-state index in [4.69, 9.17) is 27.9 Å². The summed E-state index contributed by atoms with van der Waals surface area (Å²) in [4.78, 5) is 23.9. The molecule has 0 fully saturated rings. The van der Waals surface area contributed by atoms with Gasteiger partial charge in [0.1, 0.15) is 5.69 Å². The van der Waals surface area contributed by atoms with Gasteiger partial charge in [0.05, 0.1) is 7.11 Å². The molecule has 0 radical (unpaired) electrons. The molecule has 0 bridgehead atoms. The SMILES string of the molecule is COC(=O)[C@@H](NC(=O)c1ccn[nH]1)c1ccc(Cl)cc1Cl. The molecule has 21 heavy (non-hydrogen) atoms. The smallest absolute Gasteiger partial charge is 0.333 e. The summed E-state index contributed by atoms with van der Waals surface area (Å²) < 4.78 is 4.70. The van der Waals surface area contributed by atoms with Crippen molar-refractivity contribution >= 4 is 35.1 Å². The number of carbonyl (C=O) groups excluding carboxylic acids is 2. The molecule has 0 spiro atoms. The zero-order valence-corrected chi connectivity index (χ0v) is 12.4. The Labute approximate surface area is 130 Å². The van der Waals surface area contributed by atoms with Crippen LogP contribution in [0, 0.1) is 0 Å². The fourth-order valence-electron chi connectivity index (χ4n) is 1.71. The molecule has 0 saturated heterocycles. The molecule has 1 aromatic carbocycles. The lowest BCUT2D eigenvalue weighted by molar-refractivity contribution is -0.143. The van der Waals surface area contributed by atoms with E-state index in [-0.39, 0.29) is 10.7 Å². The van der Waals surface area contributed by atoms with Crippen molar-refractivity contribution in [3.63, 3.8) is 0 Å². The van der Waals surface area contributed by atoms with Gasteiger partial charge in [0, 0.05) is 21.8 Å². The first-order valence-electron chi connectivity index (χ1n) is 5.86. The minimum absolute atomic E-state index is 0.217. The number of esters is 1. The number of halogens is 2. The van der Waals surface area contributed by atoms with Crippen LogP contribution < -0.4 is 5.32 Å². The molecule has 0 aliphatic carbocycles. The van der Waals surface area contributed by atoms with Crippen molar-refractivity contribution in [3.8, 4) is 0 Å². The van der Waals surface area contributed by atoms with Crippen LogP contribution in [0.25, 0.3) is 0 Å². The molecule has 6 nitrogen and oxygen atoms in total. The molecule has 1 amide bonds. The Morgan fingerprint density at radius 2 is 2.10 bits per heavy atom. The van der Waals surface area contributed by atoms with E-state index in [0.717, 1.165) is 0 Å². The molecule has 0 unspecified atom stereocenters. The predicted molar refractivity (Wildman–Crippen MR) is 77.3 cm³/mol. The average molecular weight is 328 g/mol. The Balaban J connectivity index is 2.30. The lowest BCUT2D eigenvalue weighted by Crippen LogP contribution is -2.35.